The molecule has 0 saturated carbocycles. The molecular formula is C10H13NOS. The van der Waals surface area contributed by atoms with Crippen LogP contribution in [-0.4, -0.2) is 24.1 Å². The number of thiol groups is 1. The molecule has 1 saturated heterocycles. The van der Waals surface area contributed by atoms with E-state index in [9.17, 15) is 0 Å². The van der Waals surface area contributed by atoms with Gasteiger partial charge in [-0.25, -0.2) is 4.31 Å². The van der Waals surface area contributed by atoms with E-state index < -0.39 is 0 Å². The summed E-state index contributed by atoms with van der Waals surface area (Å²) in [5.74, 6) is 0. The van der Waals surface area contributed by atoms with Crippen LogP contribution in [0.4, 0.5) is 0 Å². The third-order valence-corrected chi connectivity index (χ3v) is 2.76. The first-order chi connectivity index (χ1) is 6.38. The van der Waals surface area contributed by atoms with E-state index in [1.807, 2.05) is 22.5 Å². The molecule has 0 spiro atoms. The normalized spacial score (nSPS) is 24.5. The Morgan fingerprint density at radius 1 is 1.31 bits per heavy atom. The highest BCUT2D eigenvalue weighted by Crippen LogP contribution is 2.24. The molecular weight excluding hydrogens is 182 g/mol. The summed E-state index contributed by atoms with van der Waals surface area (Å²) in [7, 11) is 0. The molecule has 0 amide bonds. The minimum absolute atomic E-state index is 0.304. The second-order valence-electron chi connectivity index (χ2n) is 3.16. The average Bonchev–Trinajstić information content (AvgIpc) is 2.20. The zero-order chi connectivity index (χ0) is 9.10. The van der Waals surface area contributed by atoms with Crippen LogP contribution in [0.25, 0.3) is 0 Å². The van der Waals surface area contributed by atoms with Crippen LogP contribution >= 0.6 is 12.8 Å². The van der Waals surface area contributed by atoms with E-state index in [0.29, 0.717) is 6.04 Å². The zero-order valence-corrected chi connectivity index (χ0v) is 8.28. The summed E-state index contributed by atoms with van der Waals surface area (Å²) in [6.45, 7) is 2.42. The van der Waals surface area contributed by atoms with Crippen LogP contribution in [0.5, 0.6) is 0 Å². The van der Waals surface area contributed by atoms with Gasteiger partial charge in [0.2, 0.25) is 0 Å². The molecule has 1 aromatic carbocycles. The van der Waals surface area contributed by atoms with Crippen molar-refractivity contribution in [3.63, 3.8) is 0 Å². The first kappa shape index (κ1) is 9.06. The summed E-state index contributed by atoms with van der Waals surface area (Å²) >= 11 is 4.42. The number of hydrogen-bond acceptors (Lipinski definition) is 3. The third kappa shape index (κ3) is 2.05. The van der Waals surface area contributed by atoms with E-state index in [1.54, 1.807) is 0 Å². The molecule has 70 valence electrons. The second-order valence-corrected chi connectivity index (χ2v) is 3.68. The highest BCUT2D eigenvalue weighted by Gasteiger charge is 2.21. The number of ether oxygens (including phenoxy) is 1. The van der Waals surface area contributed by atoms with E-state index in [4.69, 9.17) is 4.74 Å². The van der Waals surface area contributed by atoms with Gasteiger partial charge in [-0.05, 0) is 5.56 Å². The van der Waals surface area contributed by atoms with Crippen LogP contribution in [0, 0.1) is 0 Å². The molecule has 1 aliphatic rings. The van der Waals surface area contributed by atoms with E-state index in [-0.39, 0.29) is 0 Å². The fraction of sp³-hybridized carbons (Fsp3) is 0.400. The molecule has 1 unspecified atom stereocenters. The van der Waals surface area contributed by atoms with Crippen LogP contribution in [0.1, 0.15) is 11.6 Å². The van der Waals surface area contributed by atoms with Crippen LogP contribution in [-0.2, 0) is 4.74 Å². The van der Waals surface area contributed by atoms with Crippen molar-refractivity contribution in [2.45, 2.75) is 6.04 Å². The van der Waals surface area contributed by atoms with E-state index in [2.05, 4.69) is 24.9 Å². The lowest BCUT2D eigenvalue weighted by Crippen LogP contribution is -2.33. The number of morpholine rings is 1. The summed E-state index contributed by atoms with van der Waals surface area (Å²) < 4.78 is 7.46. The van der Waals surface area contributed by atoms with Crippen molar-refractivity contribution < 1.29 is 4.74 Å². The van der Waals surface area contributed by atoms with Crippen LogP contribution < -0.4 is 0 Å². The Morgan fingerprint density at radius 2 is 2.08 bits per heavy atom. The number of hydrogen-bond donors (Lipinski definition) is 1. The zero-order valence-electron chi connectivity index (χ0n) is 7.39. The predicted octanol–water partition coefficient (Wildman–Crippen LogP) is 1.90. The van der Waals surface area contributed by atoms with Crippen LogP contribution in [0.15, 0.2) is 30.3 Å². The van der Waals surface area contributed by atoms with Gasteiger partial charge in [0.25, 0.3) is 0 Å². The highest BCUT2D eigenvalue weighted by atomic mass is 32.1. The van der Waals surface area contributed by atoms with Gasteiger partial charge in [-0.2, -0.15) is 0 Å². The van der Waals surface area contributed by atoms with Crippen molar-refractivity contribution in [1.29, 1.82) is 0 Å². The van der Waals surface area contributed by atoms with Gasteiger partial charge in [-0.3, -0.25) is 0 Å². The largest absolute Gasteiger partial charge is 0.378 e. The molecule has 0 radical (unpaired) electrons. The Morgan fingerprint density at radius 3 is 2.77 bits per heavy atom. The van der Waals surface area contributed by atoms with Gasteiger partial charge in [0.15, 0.2) is 0 Å². The topological polar surface area (TPSA) is 12.5 Å². The summed E-state index contributed by atoms with van der Waals surface area (Å²) in [5.41, 5.74) is 1.28. The average molecular weight is 195 g/mol. The second kappa shape index (κ2) is 4.13. The summed E-state index contributed by atoms with van der Waals surface area (Å²) in [6.07, 6.45) is 0. The summed E-state index contributed by atoms with van der Waals surface area (Å²) in [4.78, 5) is 0. The maximum absolute atomic E-state index is 5.42. The van der Waals surface area contributed by atoms with Crippen molar-refractivity contribution in [3.05, 3.63) is 35.9 Å². The van der Waals surface area contributed by atoms with Crippen LogP contribution in [0.2, 0.25) is 0 Å². The number of rotatable bonds is 1. The molecule has 1 fully saturated rings. The Kier molecular flexibility index (Phi) is 2.88. The summed E-state index contributed by atoms with van der Waals surface area (Å²) in [6, 6.07) is 10.6. The van der Waals surface area contributed by atoms with Gasteiger partial charge in [-0.15, -0.1) is 0 Å². The maximum Gasteiger partial charge on any atom is 0.0684 e. The SMILES string of the molecule is SN1CCOCC1c1ccccc1. The van der Waals surface area contributed by atoms with Gasteiger partial charge < -0.3 is 4.74 Å². The molecule has 13 heavy (non-hydrogen) atoms. The first-order valence-corrected chi connectivity index (χ1v) is 4.86. The van der Waals surface area contributed by atoms with Crippen molar-refractivity contribution in [1.82, 2.24) is 4.31 Å². The number of benzene rings is 1. The minimum atomic E-state index is 0.304. The van der Waals surface area contributed by atoms with Crippen molar-refractivity contribution in [2.75, 3.05) is 19.8 Å². The maximum atomic E-state index is 5.42. The molecule has 0 aliphatic carbocycles. The molecule has 0 aromatic heterocycles. The van der Waals surface area contributed by atoms with E-state index in [1.165, 1.54) is 5.56 Å². The quantitative estimate of drug-likeness (QED) is 0.687. The third-order valence-electron chi connectivity index (χ3n) is 2.28. The predicted molar refractivity (Wildman–Crippen MR) is 55.7 cm³/mol. The van der Waals surface area contributed by atoms with Gasteiger partial charge >= 0.3 is 0 Å². The molecule has 3 heteroatoms. The smallest absolute Gasteiger partial charge is 0.0684 e. The monoisotopic (exact) mass is 195 g/mol. The first-order valence-electron chi connectivity index (χ1n) is 4.46. The van der Waals surface area contributed by atoms with Gasteiger partial charge in [0.05, 0.1) is 19.3 Å². The number of nitrogens with zero attached hydrogens (tertiary/aromatic N) is 1. The lowest BCUT2D eigenvalue weighted by atomic mass is 10.1. The summed E-state index contributed by atoms with van der Waals surface area (Å²) in [5, 5.41) is 0. The lowest BCUT2D eigenvalue weighted by Gasteiger charge is -2.31. The molecule has 0 N–H and O–H groups in total. The minimum Gasteiger partial charge on any atom is -0.378 e. The molecule has 1 aromatic rings. The Bertz CT molecular complexity index is 265. The highest BCUT2D eigenvalue weighted by molar-refractivity contribution is 7.77. The fourth-order valence-corrected chi connectivity index (χ4v) is 1.82. The van der Waals surface area contributed by atoms with Crippen molar-refractivity contribution in [3.8, 4) is 0 Å². The molecule has 1 aliphatic heterocycles. The Hall–Kier alpha value is -0.510. The molecule has 1 atom stereocenters. The fourth-order valence-electron chi connectivity index (χ4n) is 1.54. The van der Waals surface area contributed by atoms with Crippen LogP contribution in [0.3, 0.4) is 0 Å². The molecule has 1 heterocycles. The Labute approximate surface area is 84.0 Å². The molecule has 2 rings (SSSR count). The van der Waals surface area contributed by atoms with Gasteiger partial charge in [0.1, 0.15) is 0 Å². The van der Waals surface area contributed by atoms with Crippen molar-refractivity contribution in [2.24, 2.45) is 0 Å². The Balaban J connectivity index is 2.15. The van der Waals surface area contributed by atoms with E-state index >= 15 is 0 Å². The van der Waals surface area contributed by atoms with Gasteiger partial charge in [-0.1, -0.05) is 43.1 Å². The van der Waals surface area contributed by atoms with Gasteiger partial charge in [0, 0.05) is 6.54 Å². The van der Waals surface area contributed by atoms with Crippen molar-refractivity contribution >= 4 is 12.8 Å². The molecule has 2 nitrogen and oxygen atoms in total. The van der Waals surface area contributed by atoms with E-state index in [0.717, 1.165) is 19.8 Å². The lowest BCUT2D eigenvalue weighted by molar-refractivity contribution is 0.0379. The molecule has 0 bridgehead atoms. The standard InChI is InChI=1S/C10H13NOS/c13-11-6-7-12-8-10(11)9-4-2-1-3-5-9/h1-5,10,13H,6-8H2.